The molecule has 1 aromatic heterocycles. The van der Waals surface area contributed by atoms with Gasteiger partial charge in [0.25, 0.3) is 0 Å². The minimum absolute atomic E-state index is 0.255. The maximum absolute atomic E-state index is 8.76. The van der Waals surface area contributed by atoms with E-state index in [0.29, 0.717) is 5.75 Å². The van der Waals surface area contributed by atoms with Gasteiger partial charge >= 0.3 is 0 Å². The van der Waals surface area contributed by atoms with Crippen molar-refractivity contribution in [2.24, 2.45) is 0 Å². The van der Waals surface area contributed by atoms with Gasteiger partial charge in [-0.05, 0) is 26.2 Å². The maximum atomic E-state index is 8.76. The zero-order valence-electron chi connectivity index (χ0n) is 12.0. The highest BCUT2D eigenvalue weighted by Crippen LogP contribution is 2.31. The average molecular weight is 268 g/mol. The molecule has 0 aliphatic rings. The van der Waals surface area contributed by atoms with Crippen molar-refractivity contribution >= 4 is 11.6 Å². The van der Waals surface area contributed by atoms with Gasteiger partial charge in [0.15, 0.2) is 11.6 Å². The second-order valence-corrected chi connectivity index (χ2v) is 4.32. The van der Waals surface area contributed by atoms with E-state index < -0.39 is 0 Å². The molecule has 108 valence electrons. The number of methoxy groups -OCH3 is 1. The van der Waals surface area contributed by atoms with Crippen LogP contribution >= 0.6 is 0 Å². The summed E-state index contributed by atoms with van der Waals surface area (Å²) < 4.78 is 5.41. The Hall–Kier alpha value is -1.56. The van der Waals surface area contributed by atoms with Gasteiger partial charge in [0.2, 0.25) is 5.75 Å². The molecule has 0 saturated carbocycles. The summed E-state index contributed by atoms with van der Waals surface area (Å²) in [5.41, 5.74) is 0. The van der Waals surface area contributed by atoms with E-state index in [1.54, 1.807) is 13.4 Å². The molecule has 19 heavy (non-hydrogen) atoms. The molecule has 0 radical (unpaired) electrons. The number of aliphatic hydroxyl groups excluding tert-OH is 1. The van der Waals surface area contributed by atoms with Gasteiger partial charge < -0.3 is 20.1 Å². The molecule has 0 aliphatic heterocycles. The molecule has 1 heterocycles. The number of aliphatic hydroxyl groups is 1. The first-order chi connectivity index (χ1) is 9.24. The van der Waals surface area contributed by atoms with Crippen LogP contribution < -0.4 is 15.0 Å². The first-order valence-electron chi connectivity index (χ1n) is 6.69. The summed E-state index contributed by atoms with van der Waals surface area (Å²) in [4.78, 5) is 10.5. The van der Waals surface area contributed by atoms with Crippen molar-refractivity contribution in [1.29, 1.82) is 0 Å². The summed E-state index contributed by atoms with van der Waals surface area (Å²) in [7, 11) is 3.61. The average Bonchev–Trinajstić information content (AvgIpc) is 2.43. The molecular weight excluding hydrogens is 244 g/mol. The number of unbranched alkanes of at least 4 members (excludes halogenated alkanes) is 2. The number of nitrogens with one attached hydrogen (secondary N) is 1. The standard InChI is InChI=1S/C13H24N4O2/c1-4-14-12-11(19-3)13(16-10-15-12)17(2)8-6-5-7-9-18/h10,18H,4-9H2,1-3H3,(H,14,15,16). The van der Waals surface area contributed by atoms with E-state index in [4.69, 9.17) is 9.84 Å². The minimum atomic E-state index is 0.255. The molecule has 0 bridgehead atoms. The molecule has 0 aromatic carbocycles. The predicted octanol–water partition coefficient (Wildman–Crippen LogP) is 1.52. The number of aromatic nitrogens is 2. The predicted molar refractivity (Wildman–Crippen MR) is 77.0 cm³/mol. The molecule has 0 saturated heterocycles. The number of rotatable bonds is 9. The second kappa shape index (κ2) is 8.53. The fourth-order valence-electron chi connectivity index (χ4n) is 1.86. The lowest BCUT2D eigenvalue weighted by atomic mass is 10.2. The maximum Gasteiger partial charge on any atom is 0.204 e. The van der Waals surface area contributed by atoms with Gasteiger partial charge in [0.05, 0.1) is 7.11 Å². The zero-order valence-corrected chi connectivity index (χ0v) is 12.0. The molecule has 0 fully saturated rings. The van der Waals surface area contributed by atoms with Crippen molar-refractivity contribution in [1.82, 2.24) is 9.97 Å². The van der Waals surface area contributed by atoms with Crippen LogP contribution in [-0.4, -0.2) is 48.9 Å². The Bertz CT molecular complexity index is 374. The van der Waals surface area contributed by atoms with Gasteiger partial charge in [-0.1, -0.05) is 0 Å². The van der Waals surface area contributed by atoms with Gasteiger partial charge in [-0.15, -0.1) is 0 Å². The SMILES string of the molecule is CCNc1ncnc(N(C)CCCCCO)c1OC. The normalized spacial score (nSPS) is 10.3. The number of nitrogens with zero attached hydrogens (tertiary/aromatic N) is 3. The zero-order chi connectivity index (χ0) is 14.1. The summed E-state index contributed by atoms with van der Waals surface area (Å²) in [6.45, 7) is 3.93. The van der Waals surface area contributed by atoms with Gasteiger partial charge in [-0.2, -0.15) is 0 Å². The lowest BCUT2D eigenvalue weighted by Gasteiger charge is -2.21. The van der Waals surface area contributed by atoms with Crippen LogP contribution in [0.3, 0.4) is 0 Å². The Balaban J connectivity index is 2.72. The number of hydrogen-bond acceptors (Lipinski definition) is 6. The van der Waals surface area contributed by atoms with E-state index in [1.807, 2.05) is 14.0 Å². The van der Waals surface area contributed by atoms with Crippen molar-refractivity contribution in [3.05, 3.63) is 6.33 Å². The van der Waals surface area contributed by atoms with Crippen LogP contribution in [0.5, 0.6) is 5.75 Å². The summed E-state index contributed by atoms with van der Waals surface area (Å²) in [5, 5.41) is 11.9. The molecule has 0 amide bonds. The lowest BCUT2D eigenvalue weighted by Crippen LogP contribution is -2.21. The number of ether oxygens (including phenoxy) is 1. The van der Waals surface area contributed by atoms with E-state index in [-0.39, 0.29) is 6.61 Å². The third-order valence-corrected chi connectivity index (χ3v) is 2.85. The van der Waals surface area contributed by atoms with Crippen molar-refractivity contribution in [3.8, 4) is 5.75 Å². The summed E-state index contributed by atoms with van der Waals surface area (Å²) in [6.07, 6.45) is 4.41. The van der Waals surface area contributed by atoms with E-state index in [0.717, 1.165) is 44.0 Å². The van der Waals surface area contributed by atoms with Crippen LogP contribution in [0.1, 0.15) is 26.2 Å². The molecular formula is C13H24N4O2. The Morgan fingerprint density at radius 1 is 1.32 bits per heavy atom. The van der Waals surface area contributed by atoms with Gasteiger partial charge in [0.1, 0.15) is 6.33 Å². The highest BCUT2D eigenvalue weighted by atomic mass is 16.5. The Morgan fingerprint density at radius 3 is 2.74 bits per heavy atom. The monoisotopic (exact) mass is 268 g/mol. The molecule has 0 spiro atoms. The third kappa shape index (κ3) is 4.55. The molecule has 0 atom stereocenters. The molecule has 1 rings (SSSR count). The van der Waals surface area contributed by atoms with Crippen LogP contribution in [0.2, 0.25) is 0 Å². The first kappa shape index (κ1) is 15.5. The van der Waals surface area contributed by atoms with Crippen molar-refractivity contribution in [2.45, 2.75) is 26.2 Å². The van der Waals surface area contributed by atoms with Crippen molar-refractivity contribution < 1.29 is 9.84 Å². The molecule has 0 aliphatic carbocycles. The van der Waals surface area contributed by atoms with E-state index in [9.17, 15) is 0 Å². The highest BCUT2D eigenvalue weighted by Gasteiger charge is 2.14. The Morgan fingerprint density at radius 2 is 2.11 bits per heavy atom. The van der Waals surface area contributed by atoms with Gasteiger partial charge in [-0.3, -0.25) is 0 Å². The summed E-state index contributed by atoms with van der Waals surface area (Å²) >= 11 is 0. The fourth-order valence-corrected chi connectivity index (χ4v) is 1.86. The van der Waals surface area contributed by atoms with Crippen molar-refractivity contribution in [3.63, 3.8) is 0 Å². The smallest absolute Gasteiger partial charge is 0.204 e. The van der Waals surface area contributed by atoms with Crippen LogP contribution in [0.25, 0.3) is 0 Å². The molecule has 1 aromatic rings. The molecule has 0 unspecified atom stereocenters. The number of hydrogen-bond donors (Lipinski definition) is 2. The summed E-state index contributed by atoms with van der Waals surface area (Å²) in [5.74, 6) is 2.18. The Labute approximate surface area is 114 Å². The lowest BCUT2D eigenvalue weighted by molar-refractivity contribution is 0.283. The van der Waals surface area contributed by atoms with Crippen LogP contribution in [-0.2, 0) is 0 Å². The molecule has 6 heteroatoms. The second-order valence-electron chi connectivity index (χ2n) is 4.32. The van der Waals surface area contributed by atoms with Crippen LogP contribution in [0, 0.1) is 0 Å². The number of anilines is 2. The molecule has 6 nitrogen and oxygen atoms in total. The summed E-state index contributed by atoms with van der Waals surface area (Å²) in [6, 6.07) is 0. The van der Waals surface area contributed by atoms with Gasteiger partial charge in [-0.25, -0.2) is 9.97 Å². The van der Waals surface area contributed by atoms with Crippen LogP contribution in [0.15, 0.2) is 6.33 Å². The van der Waals surface area contributed by atoms with Gasteiger partial charge in [0, 0.05) is 26.7 Å². The first-order valence-corrected chi connectivity index (χ1v) is 6.69. The van der Waals surface area contributed by atoms with Crippen molar-refractivity contribution in [2.75, 3.05) is 44.1 Å². The Kier molecular flexibility index (Phi) is 6.95. The third-order valence-electron chi connectivity index (χ3n) is 2.85. The fraction of sp³-hybridized carbons (Fsp3) is 0.692. The van der Waals surface area contributed by atoms with E-state index >= 15 is 0 Å². The van der Waals surface area contributed by atoms with Crippen LogP contribution in [0.4, 0.5) is 11.6 Å². The molecule has 2 N–H and O–H groups in total. The minimum Gasteiger partial charge on any atom is -0.490 e. The van der Waals surface area contributed by atoms with E-state index in [1.165, 1.54) is 0 Å². The topological polar surface area (TPSA) is 70.5 Å². The van der Waals surface area contributed by atoms with E-state index in [2.05, 4.69) is 20.2 Å². The highest BCUT2D eigenvalue weighted by molar-refractivity contribution is 5.64. The quantitative estimate of drug-likeness (QED) is 0.662. The largest absolute Gasteiger partial charge is 0.490 e.